The standard InChI is InChI=1S/C27H32ClFN2O4/c1-27(2,3)35-26(32)30-13-11-22(12-14-30)31(16-20-15-21(28)9-10-23(20)29)25-18-33-17-24(34-25)19-7-5-4-6-8-19/h4-5,7,9-10,15,17-18,22H,6,8,11-14,16H2,1-3H3. The van der Waals surface area contributed by atoms with Crippen molar-refractivity contribution in [2.75, 3.05) is 13.1 Å². The molecular weight excluding hydrogens is 471 g/mol. The highest BCUT2D eigenvalue weighted by Gasteiger charge is 2.33. The molecule has 1 fully saturated rings. The molecule has 6 nitrogen and oxygen atoms in total. The van der Waals surface area contributed by atoms with Crippen LogP contribution in [0.15, 0.2) is 66.2 Å². The Morgan fingerprint density at radius 2 is 2.03 bits per heavy atom. The van der Waals surface area contributed by atoms with Gasteiger partial charge >= 0.3 is 6.09 Å². The summed E-state index contributed by atoms with van der Waals surface area (Å²) in [7, 11) is 0. The average molecular weight is 503 g/mol. The molecule has 0 N–H and O–H groups in total. The number of carbonyl (C=O) groups excluding carboxylic acids is 1. The Bertz CT molecular complexity index is 1070. The van der Waals surface area contributed by atoms with Crippen LogP contribution in [0.1, 0.15) is 52.0 Å². The number of amides is 1. The molecule has 0 radical (unpaired) electrons. The summed E-state index contributed by atoms with van der Waals surface area (Å²) in [5.74, 6) is 0.821. The molecule has 0 aromatic heterocycles. The third kappa shape index (κ3) is 6.60. The maximum absolute atomic E-state index is 14.7. The van der Waals surface area contributed by atoms with Crippen molar-refractivity contribution < 1.29 is 23.4 Å². The van der Waals surface area contributed by atoms with Gasteiger partial charge in [0, 0.05) is 36.3 Å². The summed E-state index contributed by atoms with van der Waals surface area (Å²) in [6.45, 7) is 6.88. The van der Waals surface area contributed by atoms with E-state index in [2.05, 4.69) is 6.08 Å². The number of halogens is 2. The summed E-state index contributed by atoms with van der Waals surface area (Å²) in [5, 5.41) is 0.468. The monoisotopic (exact) mass is 502 g/mol. The first kappa shape index (κ1) is 25.2. The fourth-order valence-electron chi connectivity index (χ4n) is 4.31. The summed E-state index contributed by atoms with van der Waals surface area (Å²) >= 11 is 6.17. The van der Waals surface area contributed by atoms with Gasteiger partial charge in [-0.1, -0.05) is 29.8 Å². The lowest BCUT2D eigenvalue weighted by Gasteiger charge is -2.40. The average Bonchev–Trinajstić information content (AvgIpc) is 2.84. The van der Waals surface area contributed by atoms with Crippen molar-refractivity contribution in [3.05, 3.63) is 82.6 Å². The molecule has 8 heteroatoms. The first-order chi connectivity index (χ1) is 16.7. The van der Waals surface area contributed by atoms with Crippen molar-refractivity contribution in [3.8, 4) is 0 Å². The van der Waals surface area contributed by atoms with E-state index in [1.807, 2.05) is 37.8 Å². The lowest BCUT2D eigenvalue weighted by molar-refractivity contribution is 0.0102. The fraction of sp³-hybridized carbons (Fsp3) is 0.444. The molecule has 4 rings (SSSR count). The van der Waals surface area contributed by atoms with E-state index < -0.39 is 5.60 Å². The summed E-state index contributed by atoms with van der Waals surface area (Å²) in [6.07, 6.45) is 12.1. The number of hydrogen-bond acceptors (Lipinski definition) is 5. The summed E-state index contributed by atoms with van der Waals surface area (Å²) in [6, 6.07) is 4.54. The zero-order chi connectivity index (χ0) is 25.0. The lowest BCUT2D eigenvalue weighted by Crippen LogP contribution is -2.48. The van der Waals surface area contributed by atoms with Crippen molar-refractivity contribution in [3.63, 3.8) is 0 Å². The van der Waals surface area contributed by atoms with Crippen molar-refractivity contribution in [2.45, 2.75) is 64.6 Å². The van der Waals surface area contributed by atoms with Crippen LogP contribution in [0.5, 0.6) is 0 Å². The number of allylic oxidation sites excluding steroid dienone is 4. The number of rotatable bonds is 5. The summed E-state index contributed by atoms with van der Waals surface area (Å²) in [5.41, 5.74) is 0.965. The van der Waals surface area contributed by atoms with E-state index in [-0.39, 0.29) is 24.5 Å². The molecule has 1 aliphatic carbocycles. The molecule has 0 spiro atoms. The maximum atomic E-state index is 14.7. The minimum absolute atomic E-state index is 0.00139. The van der Waals surface area contributed by atoms with Gasteiger partial charge in [-0.15, -0.1) is 0 Å². The van der Waals surface area contributed by atoms with E-state index >= 15 is 0 Å². The fourth-order valence-corrected chi connectivity index (χ4v) is 4.51. The van der Waals surface area contributed by atoms with E-state index in [0.717, 1.165) is 18.4 Å². The third-order valence-electron chi connectivity index (χ3n) is 6.08. The summed E-state index contributed by atoms with van der Waals surface area (Å²) in [4.78, 5) is 16.3. The van der Waals surface area contributed by atoms with Crippen molar-refractivity contribution in [2.24, 2.45) is 0 Å². The van der Waals surface area contributed by atoms with Crippen LogP contribution in [0, 0.1) is 5.82 Å². The second kappa shape index (κ2) is 10.8. The number of piperidine rings is 1. The smallest absolute Gasteiger partial charge is 0.410 e. The van der Waals surface area contributed by atoms with Gasteiger partial charge in [-0.05, 0) is 70.2 Å². The molecular formula is C27H32ClFN2O4. The second-order valence-electron chi connectivity index (χ2n) is 9.90. The van der Waals surface area contributed by atoms with Crippen molar-refractivity contribution in [1.82, 2.24) is 9.80 Å². The SMILES string of the molecule is CC(C)(C)OC(=O)N1CCC(N(Cc2cc(Cl)ccc2F)C2=COC=C(C3=CC=CCC3)O2)CC1. The number of nitrogens with zero attached hydrogens (tertiary/aromatic N) is 2. The van der Waals surface area contributed by atoms with Crippen LogP contribution < -0.4 is 0 Å². The minimum atomic E-state index is -0.548. The molecule has 1 amide bonds. The Labute approximate surface area is 211 Å². The molecule has 35 heavy (non-hydrogen) atoms. The lowest BCUT2D eigenvalue weighted by atomic mass is 10.0. The zero-order valence-corrected chi connectivity index (χ0v) is 21.2. The first-order valence-corrected chi connectivity index (χ1v) is 12.4. The van der Waals surface area contributed by atoms with E-state index in [4.69, 9.17) is 25.8 Å². The quantitative estimate of drug-likeness (QED) is 0.451. The zero-order valence-electron chi connectivity index (χ0n) is 20.4. The Hall–Kier alpha value is -2.93. The molecule has 3 aliphatic rings. The molecule has 188 valence electrons. The van der Waals surface area contributed by atoms with Gasteiger partial charge in [-0.2, -0.15) is 0 Å². The predicted octanol–water partition coefficient (Wildman–Crippen LogP) is 6.64. The molecule has 0 unspecified atom stereocenters. The van der Waals surface area contributed by atoms with Gasteiger partial charge in [-0.3, -0.25) is 0 Å². The third-order valence-corrected chi connectivity index (χ3v) is 6.31. The Kier molecular flexibility index (Phi) is 7.75. The Morgan fingerprint density at radius 1 is 1.26 bits per heavy atom. The van der Waals surface area contributed by atoms with Gasteiger partial charge < -0.3 is 24.0 Å². The number of carbonyl (C=O) groups is 1. The van der Waals surface area contributed by atoms with Gasteiger partial charge in [0.05, 0.1) is 0 Å². The van der Waals surface area contributed by atoms with Gasteiger partial charge in [-0.25, -0.2) is 9.18 Å². The highest BCUT2D eigenvalue weighted by Crippen LogP contribution is 2.32. The van der Waals surface area contributed by atoms with Crippen LogP contribution in [0.2, 0.25) is 5.02 Å². The molecule has 1 aromatic carbocycles. The number of likely N-dealkylation sites (tertiary alicyclic amines) is 1. The van der Waals surface area contributed by atoms with Crippen LogP contribution in [-0.2, 0) is 20.8 Å². The van der Waals surface area contributed by atoms with E-state index in [0.29, 0.717) is 48.2 Å². The normalized spacial score (nSPS) is 18.7. The molecule has 1 aromatic rings. The van der Waals surface area contributed by atoms with Crippen LogP contribution in [0.25, 0.3) is 0 Å². The maximum Gasteiger partial charge on any atom is 0.410 e. The molecule has 0 atom stereocenters. The van der Waals surface area contributed by atoms with Gasteiger partial charge in [0.25, 0.3) is 0 Å². The molecule has 1 saturated heterocycles. The first-order valence-electron chi connectivity index (χ1n) is 12.0. The highest BCUT2D eigenvalue weighted by atomic mass is 35.5. The molecule has 0 saturated carbocycles. The van der Waals surface area contributed by atoms with Crippen LogP contribution in [-0.4, -0.2) is 40.6 Å². The Morgan fingerprint density at radius 3 is 2.71 bits per heavy atom. The Balaban J connectivity index is 1.52. The molecule has 2 aliphatic heterocycles. The van der Waals surface area contributed by atoms with Crippen LogP contribution in [0.3, 0.4) is 0 Å². The number of ether oxygens (including phenoxy) is 3. The van der Waals surface area contributed by atoms with Crippen molar-refractivity contribution in [1.29, 1.82) is 0 Å². The topological polar surface area (TPSA) is 51.2 Å². The molecule has 2 heterocycles. The van der Waals surface area contributed by atoms with Gasteiger partial charge in [0.2, 0.25) is 5.88 Å². The predicted molar refractivity (Wildman–Crippen MR) is 133 cm³/mol. The second-order valence-corrected chi connectivity index (χ2v) is 10.3. The number of benzene rings is 1. The largest absolute Gasteiger partial charge is 0.463 e. The van der Waals surface area contributed by atoms with E-state index in [1.165, 1.54) is 12.1 Å². The van der Waals surface area contributed by atoms with E-state index in [9.17, 15) is 9.18 Å². The number of hydrogen-bond donors (Lipinski definition) is 0. The highest BCUT2D eigenvalue weighted by molar-refractivity contribution is 6.30. The van der Waals surface area contributed by atoms with E-state index in [1.54, 1.807) is 23.5 Å². The van der Waals surface area contributed by atoms with Crippen LogP contribution in [0.4, 0.5) is 9.18 Å². The van der Waals surface area contributed by atoms with Gasteiger partial charge in [0.1, 0.15) is 17.7 Å². The minimum Gasteiger partial charge on any atom is -0.463 e. The van der Waals surface area contributed by atoms with Crippen LogP contribution >= 0.6 is 11.6 Å². The molecule has 0 bridgehead atoms. The van der Waals surface area contributed by atoms with Gasteiger partial charge in [0.15, 0.2) is 12.0 Å². The summed E-state index contributed by atoms with van der Waals surface area (Å²) < 4.78 is 32.2. The van der Waals surface area contributed by atoms with Crippen molar-refractivity contribution >= 4 is 17.7 Å².